The molecule has 0 aliphatic heterocycles. The van der Waals surface area contributed by atoms with Gasteiger partial charge < -0.3 is 42.5 Å². The Bertz CT molecular complexity index is 917. The van der Waals surface area contributed by atoms with Crippen molar-refractivity contribution in [1.82, 2.24) is 35.9 Å². The van der Waals surface area contributed by atoms with Gasteiger partial charge in [0.05, 0.1) is 25.2 Å². The van der Waals surface area contributed by atoms with Crippen molar-refractivity contribution in [2.45, 2.75) is 50.2 Å². The van der Waals surface area contributed by atoms with Crippen LogP contribution >= 0.6 is 0 Å². The van der Waals surface area contributed by atoms with Crippen LogP contribution in [-0.2, 0) is 32.0 Å². The van der Waals surface area contributed by atoms with Crippen LogP contribution in [0.3, 0.4) is 0 Å². The van der Waals surface area contributed by atoms with Crippen molar-refractivity contribution in [3.63, 3.8) is 0 Å². The van der Waals surface area contributed by atoms with Crippen molar-refractivity contribution < 1.29 is 24.3 Å². The second-order valence-electron chi connectivity index (χ2n) is 7.69. The predicted molar refractivity (Wildman–Crippen MR) is 120 cm³/mol. The fourth-order valence-electron chi connectivity index (χ4n) is 3.10. The maximum Gasteiger partial charge on any atom is 0.326 e. The molecule has 14 heteroatoms. The number of carbonyl (C=O) groups excluding carboxylic acids is 3. The first-order chi connectivity index (χ1) is 16.3. The SMILES string of the molecule is NCCCCC(N)C(=O)NCC(=O)NC(Cc1cnc[nH]1)C(=O)NC(Cc1cnc[nH]1)C(=O)O. The number of carbonyl (C=O) groups is 4. The molecule has 0 aliphatic carbocycles. The van der Waals surface area contributed by atoms with E-state index in [1.165, 1.54) is 25.0 Å². The van der Waals surface area contributed by atoms with Gasteiger partial charge in [0.1, 0.15) is 12.1 Å². The van der Waals surface area contributed by atoms with E-state index in [1.54, 1.807) is 0 Å². The van der Waals surface area contributed by atoms with Crippen molar-refractivity contribution in [2.24, 2.45) is 11.5 Å². The summed E-state index contributed by atoms with van der Waals surface area (Å²) in [5.74, 6) is -3.08. The number of nitrogens with zero attached hydrogens (tertiary/aromatic N) is 2. The molecule has 0 radical (unpaired) electrons. The van der Waals surface area contributed by atoms with Gasteiger partial charge in [0, 0.05) is 36.6 Å². The van der Waals surface area contributed by atoms with Crippen LogP contribution in [0.25, 0.3) is 0 Å². The third-order valence-corrected chi connectivity index (χ3v) is 4.95. The minimum absolute atomic E-state index is 0.0239. The molecule has 186 valence electrons. The van der Waals surface area contributed by atoms with Crippen LogP contribution in [0.4, 0.5) is 0 Å². The van der Waals surface area contributed by atoms with Gasteiger partial charge in [0.2, 0.25) is 17.7 Å². The van der Waals surface area contributed by atoms with Gasteiger partial charge >= 0.3 is 5.97 Å². The molecule has 0 saturated heterocycles. The lowest BCUT2D eigenvalue weighted by Crippen LogP contribution is -2.55. The highest BCUT2D eigenvalue weighted by Gasteiger charge is 2.28. The first-order valence-corrected chi connectivity index (χ1v) is 10.8. The van der Waals surface area contributed by atoms with Crippen LogP contribution < -0.4 is 27.4 Å². The average Bonchev–Trinajstić information content (AvgIpc) is 3.50. The maximum atomic E-state index is 12.9. The normalized spacial score (nSPS) is 13.5. The lowest BCUT2D eigenvalue weighted by atomic mass is 10.1. The van der Waals surface area contributed by atoms with Crippen molar-refractivity contribution in [1.29, 1.82) is 0 Å². The van der Waals surface area contributed by atoms with Gasteiger partial charge in [0.15, 0.2) is 0 Å². The van der Waals surface area contributed by atoms with Crippen molar-refractivity contribution in [3.05, 3.63) is 36.4 Å². The second-order valence-corrected chi connectivity index (χ2v) is 7.69. The van der Waals surface area contributed by atoms with Crippen molar-refractivity contribution >= 4 is 23.7 Å². The van der Waals surface area contributed by atoms with Crippen LogP contribution in [0.15, 0.2) is 25.0 Å². The number of carboxylic acids is 1. The predicted octanol–water partition coefficient (Wildman–Crippen LogP) is -2.46. The van der Waals surface area contributed by atoms with Crippen LogP contribution in [0, 0.1) is 0 Å². The van der Waals surface area contributed by atoms with E-state index in [9.17, 15) is 24.3 Å². The van der Waals surface area contributed by atoms with E-state index in [0.29, 0.717) is 30.8 Å². The molecule has 2 aromatic rings. The highest BCUT2D eigenvalue weighted by molar-refractivity contribution is 5.92. The van der Waals surface area contributed by atoms with E-state index in [2.05, 4.69) is 35.9 Å². The van der Waals surface area contributed by atoms with Crippen LogP contribution in [0.5, 0.6) is 0 Å². The third-order valence-electron chi connectivity index (χ3n) is 4.95. The lowest BCUT2D eigenvalue weighted by molar-refractivity contribution is -0.142. The summed E-state index contributed by atoms with van der Waals surface area (Å²) in [6, 6.07) is -3.14. The molecular formula is C20H31N9O5. The molecule has 14 nitrogen and oxygen atoms in total. The van der Waals surface area contributed by atoms with Gasteiger partial charge in [-0.2, -0.15) is 0 Å². The van der Waals surface area contributed by atoms with Gasteiger partial charge in [-0.05, 0) is 19.4 Å². The Labute approximate surface area is 195 Å². The standard InChI is InChI=1S/C20H31N9O5/c21-4-2-1-3-14(22)18(31)25-9-17(30)28-15(5-12-7-23-10-26-12)19(32)29-16(20(33)34)6-13-8-24-11-27-13/h7-8,10-11,14-16H,1-6,9,21-22H2,(H,23,26)(H,24,27)(H,25,31)(H,28,30)(H,29,32)(H,33,34). The fraction of sp³-hybridized carbons (Fsp3) is 0.500. The highest BCUT2D eigenvalue weighted by Crippen LogP contribution is 2.03. The Morgan fingerprint density at radius 3 is 2.09 bits per heavy atom. The van der Waals surface area contributed by atoms with E-state index in [1.807, 2.05) is 0 Å². The van der Waals surface area contributed by atoms with E-state index in [4.69, 9.17) is 11.5 Å². The lowest BCUT2D eigenvalue weighted by Gasteiger charge is -2.21. The monoisotopic (exact) mass is 477 g/mol. The summed E-state index contributed by atoms with van der Waals surface area (Å²) < 4.78 is 0. The van der Waals surface area contributed by atoms with Gasteiger partial charge in [-0.25, -0.2) is 14.8 Å². The number of rotatable bonds is 15. The second kappa shape index (κ2) is 13.7. The number of imidazole rings is 2. The topological polar surface area (TPSA) is 234 Å². The molecule has 3 unspecified atom stereocenters. The molecule has 2 heterocycles. The Hall–Kier alpha value is -3.78. The number of carboxylic acid groups (broad SMARTS) is 1. The Morgan fingerprint density at radius 1 is 0.941 bits per heavy atom. The molecule has 0 aromatic carbocycles. The molecule has 34 heavy (non-hydrogen) atoms. The molecule has 0 fully saturated rings. The number of hydrogen-bond acceptors (Lipinski definition) is 8. The largest absolute Gasteiger partial charge is 0.480 e. The summed E-state index contributed by atoms with van der Waals surface area (Å²) in [6.07, 6.45) is 7.61. The van der Waals surface area contributed by atoms with E-state index in [-0.39, 0.29) is 12.8 Å². The van der Waals surface area contributed by atoms with Crippen LogP contribution in [0.2, 0.25) is 0 Å². The molecule has 0 bridgehead atoms. The molecule has 0 aliphatic rings. The molecule has 3 amide bonds. The molecule has 2 rings (SSSR count). The third kappa shape index (κ3) is 8.99. The van der Waals surface area contributed by atoms with Gasteiger partial charge in [-0.15, -0.1) is 0 Å². The Morgan fingerprint density at radius 2 is 1.56 bits per heavy atom. The summed E-state index contributed by atoms with van der Waals surface area (Å²) in [5, 5.41) is 16.9. The summed E-state index contributed by atoms with van der Waals surface area (Å²) in [7, 11) is 0. The van der Waals surface area contributed by atoms with Gasteiger partial charge in [0.25, 0.3) is 0 Å². The number of nitrogens with two attached hydrogens (primary N) is 2. The fourth-order valence-corrected chi connectivity index (χ4v) is 3.10. The van der Waals surface area contributed by atoms with E-state index in [0.717, 1.165) is 6.42 Å². The van der Waals surface area contributed by atoms with Crippen LogP contribution in [0.1, 0.15) is 30.7 Å². The number of hydrogen-bond donors (Lipinski definition) is 8. The number of aromatic nitrogens is 4. The first-order valence-electron chi connectivity index (χ1n) is 10.8. The molecule has 3 atom stereocenters. The number of aliphatic carboxylic acids is 1. The minimum Gasteiger partial charge on any atom is -0.480 e. The summed E-state index contributed by atoms with van der Waals surface area (Å²) in [6.45, 7) is 0.105. The number of H-pyrrole nitrogens is 2. The zero-order valence-electron chi connectivity index (χ0n) is 18.6. The number of nitrogens with one attached hydrogen (secondary N) is 5. The Balaban J connectivity index is 1.96. The summed E-state index contributed by atoms with van der Waals surface area (Å²) in [4.78, 5) is 62.3. The Kier molecular flexibility index (Phi) is 10.7. The van der Waals surface area contributed by atoms with Crippen molar-refractivity contribution in [2.75, 3.05) is 13.1 Å². The summed E-state index contributed by atoms with van der Waals surface area (Å²) >= 11 is 0. The zero-order valence-corrected chi connectivity index (χ0v) is 18.6. The zero-order chi connectivity index (χ0) is 24.9. The molecule has 10 N–H and O–H groups in total. The first kappa shape index (κ1) is 26.5. The van der Waals surface area contributed by atoms with E-state index < -0.39 is 48.4 Å². The van der Waals surface area contributed by atoms with E-state index >= 15 is 0 Å². The molecule has 2 aromatic heterocycles. The molecular weight excluding hydrogens is 446 g/mol. The quantitative estimate of drug-likeness (QED) is 0.127. The number of aromatic amines is 2. The molecule has 0 saturated carbocycles. The number of unbranched alkanes of at least 4 members (excludes halogenated alkanes) is 1. The average molecular weight is 478 g/mol. The van der Waals surface area contributed by atoms with Gasteiger partial charge in [-0.1, -0.05) is 6.42 Å². The smallest absolute Gasteiger partial charge is 0.326 e. The number of amides is 3. The highest BCUT2D eigenvalue weighted by atomic mass is 16.4. The van der Waals surface area contributed by atoms with Gasteiger partial charge in [-0.3, -0.25) is 14.4 Å². The minimum atomic E-state index is -1.25. The van der Waals surface area contributed by atoms with Crippen molar-refractivity contribution in [3.8, 4) is 0 Å². The van der Waals surface area contributed by atoms with Crippen LogP contribution in [-0.4, -0.2) is 79.9 Å². The summed E-state index contributed by atoms with van der Waals surface area (Å²) in [5.41, 5.74) is 12.3. The molecule has 0 spiro atoms. The maximum absolute atomic E-state index is 12.9.